The molecule has 4 N–H and O–H groups in total. The number of hydrogen-bond acceptors (Lipinski definition) is 6. The molecule has 0 spiro atoms. The number of benzene rings is 1. The molecule has 0 aliphatic rings. The number of nitrogens with zero attached hydrogens (tertiary/aromatic N) is 4. The van der Waals surface area contributed by atoms with Gasteiger partial charge in [0, 0.05) is 11.1 Å². The molecule has 0 saturated heterocycles. The van der Waals surface area contributed by atoms with E-state index in [0.717, 1.165) is 11.3 Å². The summed E-state index contributed by atoms with van der Waals surface area (Å²) in [6, 6.07) is 7.53. The van der Waals surface area contributed by atoms with E-state index in [2.05, 4.69) is 31.8 Å². The van der Waals surface area contributed by atoms with E-state index in [0.29, 0.717) is 40.8 Å². The van der Waals surface area contributed by atoms with Crippen molar-refractivity contribution in [1.29, 1.82) is 5.26 Å². The van der Waals surface area contributed by atoms with E-state index in [9.17, 15) is 10.1 Å². The van der Waals surface area contributed by atoms with Crippen LogP contribution in [0.3, 0.4) is 0 Å². The number of fused-ring (bicyclic) bond motifs is 1. The number of primary amides is 1. The summed E-state index contributed by atoms with van der Waals surface area (Å²) in [5, 5.41) is 28.3. The molecule has 3 aromatic rings. The Bertz CT molecular complexity index is 1000. The van der Waals surface area contributed by atoms with Gasteiger partial charge in [0.05, 0.1) is 11.2 Å². The Hall–Kier alpha value is -3.47. The summed E-state index contributed by atoms with van der Waals surface area (Å²) in [4.78, 5) is 11.5. The second kappa shape index (κ2) is 6.57. The van der Waals surface area contributed by atoms with Gasteiger partial charge >= 0.3 is 0 Å². The summed E-state index contributed by atoms with van der Waals surface area (Å²) in [6.07, 6.45) is 1.41. The van der Waals surface area contributed by atoms with Gasteiger partial charge in [0.1, 0.15) is 11.6 Å². The van der Waals surface area contributed by atoms with Crippen molar-refractivity contribution in [3.05, 3.63) is 40.7 Å². The minimum Gasteiger partial charge on any atom is -0.364 e. The van der Waals surface area contributed by atoms with E-state index in [1.165, 1.54) is 0 Å². The van der Waals surface area contributed by atoms with Gasteiger partial charge in [-0.15, -0.1) is 5.10 Å². The van der Waals surface area contributed by atoms with E-state index in [-0.39, 0.29) is 5.69 Å². The zero-order chi connectivity index (χ0) is 18.0. The number of aromatic amines is 1. The summed E-state index contributed by atoms with van der Waals surface area (Å²) in [6.45, 7) is 3.97. The van der Waals surface area contributed by atoms with Gasteiger partial charge in [-0.05, 0) is 36.6 Å². The van der Waals surface area contributed by atoms with E-state index in [1.54, 1.807) is 18.2 Å². The molecule has 1 aromatic carbocycles. The maximum atomic E-state index is 11.5. The van der Waals surface area contributed by atoms with Crippen molar-refractivity contribution in [2.24, 2.45) is 5.73 Å². The SMILES string of the molecule is CCc1nnc(Nc2ccc3[nH]nc(C(N)=O)c3c2)c(C#N)c1CC. The second-order valence-corrected chi connectivity index (χ2v) is 5.49. The Morgan fingerprint density at radius 1 is 1.32 bits per heavy atom. The first kappa shape index (κ1) is 16.4. The molecule has 2 heterocycles. The van der Waals surface area contributed by atoms with Crippen LogP contribution in [0, 0.1) is 11.3 Å². The molecule has 0 atom stereocenters. The molecule has 2 aromatic heterocycles. The summed E-state index contributed by atoms with van der Waals surface area (Å²) in [5.41, 5.74) is 9.06. The fourth-order valence-corrected chi connectivity index (χ4v) is 2.80. The van der Waals surface area contributed by atoms with Crippen molar-refractivity contribution >= 4 is 28.3 Å². The first-order valence-corrected chi connectivity index (χ1v) is 7.92. The van der Waals surface area contributed by atoms with Gasteiger partial charge in [-0.2, -0.15) is 15.5 Å². The molecule has 126 valence electrons. The molecule has 8 nitrogen and oxygen atoms in total. The van der Waals surface area contributed by atoms with E-state index in [1.807, 2.05) is 13.8 Å². The van der Waals surface area contributed by atoms with Gasteiger partial charge in [-0.3, -0.25) is 9.89 Å². The number of aromatic nitrogens is 4. The topological polar surface area (TPSA) is 133 Å². The largest absolute Gasteiger partial charge is 0.364 e. The molecule has 0 bridgehead atoms. The fraction of sp³-hybridized carbons (Fsp3) is 0.235. The highest BCUT2D eigenvalue weighted by Gasteiger charge is 2.16. The van der Waals surface area contributed by atoms with Crippen molar-refractivity contribution in [2.75, 3.05) is 5.32 Å². The maximum Gasteiger partial charge on any atom is 0.269 e. The van der Waals surface area contributed by atoms with Gasteiger partial charge in [0.15, 0.2) is 11.5 Å². The number of aryl methyl sites for hydroxylation is 1. The number of anilines is 2. The summed E-state index contributed by atoms with van der Waals surface area (Å²) < 4.78 is 0. The van der Waals surface area contributed by atoms with Gasteiger partial charge in [-0.1, -0.05) is 13.8 Å². The number of carbonyl (C=O) groups is 1. The summed E-state index contributed by atoms with van der Waals surface area (Å²) in [7, 11) is 0. The van der Waals surface area contributed by atoms with Crippen molar-refractivity contribution in [1.82, 2.24) is 20.4 Å². The smallest absolute Gasteiger partial charge is 0.269 e. The van der Waals surface area contributed by atoms with Gasteiger partial charge in [-0.25, -0.2) is 0 Å². The number of carbonyl (C=O) groups excluding carboxylic acids is 1. The third-order valence-electron chi connectivity index (χ3n) is 4.02. The number of nitrogens with two attached hydrogens (primary N) is 1. The molecule has 0 radical (unpaired) electrons. The Balaban J connectivity index is 2.06. The average molecular weight is 335 g/mol. The molecular weight excluding hydrogens is 318 g/mol. The van der Waals surface area contributed by atoms with Crippen molar-refractivity contribution in [3.63, 3.8) is 0 Å². The van der Waals surface area contributed by atoms with Crippen LogP contribution in [0.5, 0.6) is 0 Å². The van der Waals surface area contributed by atoms with E-state index < -0.39 is 5.91 Å². The minimum absolute atomic E-state index is 0.167. The van der Waals surface area contributed by atoms with Gasteiger partial charge < -0.3 is 11.1 Å². The molecule has 25 heavy (non-hydrogen) atoms. The summed E-state index contributed by atoms with van der Waals surface area (Å²) in [5.74, 6) is -0.221. The highest BCUT2D eigenvalue weighted by atomic mass is 16.1. The predicted octanol–water partition coefficient (Wildman–Crippen LogP) is 2.19. The Morgan fingerprint density at radius 2 is 2.12 bits per heavy atom. The zero-order valence-electron chi connectivity index (χ0n) is 13.9. The normalized spacial score (nSPS) is 10.6. The first-order chi connectivity index (χ1) is 12.1. The van der Waals surface area contributed by atoms with Gasteiger partial charge in [0.25, 0.3) is 5.91 Å². The number of rotatable bonds is 5. The Morgan fingerprint density at radius 3 is 2.76 bits per heavy atom. The quantitative estimate of drug-likeness (QED) is 0.654. The van der Waals surface area contributed by atoms with Crippen LogP contribution in [-0.2, 0) is 12.8 Å². The molecule has 0 saturated carbocycles. The minimum atomic E-state index is -0.610. The van der Waals surface area contributed by atoms with Crippen LogP contribution in [0.2, 0.25) is 0 Å². The standard InChI is InChI=1S/C17H17N7O/c1-3-10-12(8-18)17(24-21-13(10)4-2)20-9-5-6-14-11(7-9)15(16(19)25)23-22-14/h5-7H,3-4H2,1-2H3,(H2,19,25)(H,20,24)(H,22,23). The van der Waals surface area contributed by atoms with Crippen LogP contribution in [-0.4, -0.2) is 26.3 Å². The second-order valence-electron chi connectivity index (χ2n) is 5.49. The Labute approximate surface area is 144 Å². The molecule has 8 heteroatoms. The number of nitriles is 1. The average Bonchev–Trinajstić information content (AvgIpc) is 3.04. The molecule has 3 rings (SSSR count). The lowest BCUT2D eigenvalue weighted by Crippen LogP contribution is -2.11. The molecule has 1 amide bonds. The number of hydrogen-bond donors (Lipinski definition) is 3. The van der Waals surface area contributed by atoms with Crippen molar-refractivity contribution < 1.29 is 4.79 Å². The number of amides is 1. The molecule has 0 aliphatic carbocycles. The lowest BCUT2D eigenvalue weighted by atomic mass is 10.0. The van der Waals surface area contributed by atoms with Gasteiger partial charge in [0.2, 0.25) is 0 Å². The highest BCUT2D eigenvalue weighted by Crippen LogP contribution is 2.26. The number of nitrogens with one attached hydrogen (secondary N) is 2. The van der Waals surface area contributed by atoms with Crippen LogP contribution in [0.25, 0.3) is 10.9 Å². The zero-order valence-corrected chi connectivity index (χ0v) is 13.9. The van der Waals surface area contributed by atoms with Crippen LogP contribution in [0.15, 0.2) is 18.2 Å². The third kappa shape index (κ3) is 2.87. The lowest BCUT2D eigenvalue weighted by molar-refractivity contribution is 0.0997. The molecule has 0 unspecified atom stereocenters. The first-order valence-electron chi connectivity index (χ1n) is 7.92. The lowest BCUT2D eigenvalue weighted by Gasteiger charge is -2.12. The maximum absolute atomic E-state index is 11.5. The van der Waals surface area contributed by atoms with E-state index in [4.69, 9.17) is 5.73 Å². The van der Waals surface area contributed by atoms with E-state index >= 15 is 0 Å². The predicted molar refractivity (Wildman–Crippen MR) is 93.4 cm³/mol. The van der Waals surface area contributed by atoms with Crippen molar-refractivity contribution in [2.45, 2.75) is 26.7 Å². The van der Waals surface area contributed by atoms with Crippen LogP contribution in [0.1, 0.15) is 41.2 Å². The Kier molecular flexibility index (Phi) is 4.31. The fourth-order valence-electron chi connectivity index (χ4n) is 2.80. The highest BCUT2D eigenvalue weighted by molar-refractivity contribution is 6.04. The van der Waals surface area contributed by atoms with Crippen LogP contribution in [0.4, 0.5) is 11.5 Å². The number of H-pyrrole nitrogens is 1. The molecular formula is C17H17N7O. The van der Waals surface area contributed by atoms with Crippen LogP contribution >= 0.6 is 0 Å². The van der Waals surface area contributed by atoms with Crippen molar-refractivity contribution in [3.8, 4) is 6.07 Å². The molecule has 0 fully saturated rings. The summed E-state index contributed by atoms with van der Waals surface area (Å²) >= 11 is 0. The third-order valence-corrected chi connectivity index (χ3v) is 4.02. The van der Waals surface area contributed by atoms with Crippen LogP contribution < -0.4 is 11.1 Å². The molecule has 0 aliphatic heterocycles. The monoisotopic (exact) mass is 335 g/mol.